The summed E-state index contributed by atoms with van der Waals surface area (Å²) in [7, 11) is 0. The van der Waals surface area contributed by atoms with Crippen molar-refractivity contribution in [2.24, 2.45) is 17.8 Å². The molecule has 0 radical (unpaired) electrons. The summed E-state index contributed by atoms with van der Waals surface area (Å²) in [5, 5.41) is 31.3. The van der Waals surface area contributed by atoms with Crippen LogP contribution in [-0.2, 0) is 23.8 Å². The molecule has 0 aromatic heterocycles. The Morgan fingerprint density at radius 1 is 1.43 bits per heavy atom. The van der Waals surface area contributed by atoms with Crippen LogP contribution in [-0.4, -0.2) is 75.9 Å². The third-order valence-corrected chi connectivity index (χ3v) is 7.17. The zero-order chi connectivity index (χ0) is 22.4. The standard InChI is InChI=1S/C21H29ClO8/c1-5-28-20(4,9-23)19(26)29-13-6-10(2)12-7-14(24)21(27,8-22)16(12)17-15(13)11(3)18(25)30-17/h12-17,23-24,27H,2-3,5-9H2,1,4H3/t12-,13-,14+,15+,16+,17+,20+,21+/m1/s1. The normalized spacial score (nSPS) is 40.3. The molecule has 3 aliphatic rings. The van der Waals surface area contributed by atoms with Crippen LogP contribution in [0.5, 0.6) is 0 Å². The van der Waals surface area contributed by atoms with Crippen LogP contribution in [0.3, 0.4) is 0 Å². The fraction of sp³-hybridized carbons (Fsp3) is 0.714. The van der Waals surface area contributed by atoms with Gasteiger partial charge < -0.3 is 29.5 Å². The van der Waals surface area contributed by atoms with Crippen molar-refractivity contribution in [3.05, 3.63) is 24.3 Å². The fourth-order valence-electron chi connectivity index (χ4n) is 5.02. The minimum atomic E-state index is -1.69. The molecule has 0 bridgehead atoms. The van der Waals surface area contributed by atoms with Crippen molar-refractivity contribution in [2.75, 3.05) is 19.1 Å². The highest BCUT2D eigenvalue weighted by Gasteiger charge is 2.64. The van der Waals surface area contributed by atoms with Crippen LogP contribution in [0.15, 0.2) is 24.3 Å². The summed E-state index contributed by atoms with van der Waals surface area (Å²) in [5.41, 5.74) is -2.48. The first-order valence-electron chi connectivity index (χ1n) is 10.0. The molecule has 0 aromatic rings. The topological polar surface area (TPSA) is 123 Å². The van der Waals surface area contributed by atoms with E-state index < -0.39 is 59.9 Å². The van der Waals surface area contributed by atoms with E-state index in [0.717, 1.165) is 0 Å². The van der Waals surface area contributed by atoms with Crippen molar-refractivity contribution >= 4 is 23.5 Å². The SMILES string of the molecule is C=C1C(=O)O[C@H]2[C@@H]1[C@H](OC(=O)[C@](C)(CO)OCC)CC(=C)[C@H]1C[C@H](O)[C@@](O)(CCl)[C@H]21. The first-order valence-corrected chi connectivity index (χ1v) is 10.6. The molecule has 9 heteroatoms. The second kappa shape index (κ2) is 8.24. The van der Waals surface area contributed by atoms with Gasteiger partial charge in [-0.2, -0.15) is 0 Å². The van der Waals surface area contributed by atoms with Crippen molar-refractivity contribution in [1.29, 1.82) is 0 Å². The van der Waals surface area contributed by atoms with Crippen molar-refractivity contribution in [2.45, 2.75) is 56.2 Å². The highest BCUT2D eigenvalue weighted by atomic mass is 35.5. The van der Waals surface area contributed by atoms with Gasteiger partial charge in [-0.1, -0.05) is 18.7 Å². The lowest BCUT2D eigenvalue weighted by Crippen LogP contribution is -2.52. The Balaban J connectivity index is 1.98. The molecule has 1 heterocycles. The summed E-state index contributed by atoms with van der Waals surface area (Å²) in [4.78, 5) is 25.2. The Hall–Kier alpha value is -1.45. The van der Waals surface area contributed by atoms with Crippen LogP contribution < -0.4 is 0 Å². The lowest BCUT2D eigenvalue weighted by molar-refractivity contribution is -0.184. The molecule has 168 valence electrons. The molecule has 2 aliphatic carbocycles. The fourth-order valence-corrected chi connectivity index (χ4v) is 5.37. The van der Waals surface area contributed by atoms with Crippen LogP contribution >= 0.6 is 11.6 Å². The summed E-state index contributed by atoms with van der Waals surface area (Å²) < 4.78 is 16.7. The van der Waals surface area contributed by atoms with Gasteiger partial charge in [-0.25, -0.2) is 9.59 Å². The molecule has 0 amide bonds. The number of esters is 2. The van der Waals surface area contributed by atoms with Crippen molar-refractivity contribution < 1.29 is 39.1 Å². The number of hydrogen-bond acceptors (Lipinski definition) is 8. The Morgan fingerprint density at radius 2 is 2.10 bits per heavy atom. The van der Waals surface area contributed by atoms with Gasteiger partial charge >= 0.3 is 11.9 Å². The van der Waals surface area contributed by atoms with E-state index >= 15 is 0 Å². The van der Waals surface area contributed by atoms with E-state index in [9.17, 15) is 24.9 Å². The molecule has 0 spiro atoms. The summed E-state index contributed by atoms with van der Waals surface area (Å²) in [6, 6.07) is 0. The molecule has 8 atom stereocenters. The number of hydrogen-bond donors (Lipinski definition) is 3. The Kier molecular flexibility index (Phi) is 6.38. The maximum Gasteiger partial charge on any atom is 0.340 e. The van der Waals surface area contributed by atoms with E-state index in [1.807, 2.05) is 0 Å². The third kappa shape index (κ3) is 3.48. The lowest BCUT2D eigenvalue weighted by Gasteiger charge is -2.37. The molecular weight excluding hydrogens is 416 g/mol. The second-order valence-electron chi connectivity index (χ2n) is 8.56. The predicted molar refractivity (Wildman–Crippen MR) is 107 cm³/mol. The molecular formula is C21H29ClO8. The molecule has 1 saturated heterocycles. The first kappa shape index (κ1) is 23.2. The largest absolute Gasteiger partial charge is 0.459 e. The van der Waals surface area contributed by atoms with Crippen LogP contribution in [0, 0.1) is 17.8 Å². The van der Waals surface area contributed by atoms with Gasteiger partial charge in [0.05, 0.1) is 24.5 Å². The van der Waals surface area contributed by atoms with Crippen LogP contribution in [0.1, 0.15) is 26.7 Å². The second-order valence-corrected chi connectivity index (χ2v) is 8.82. The van der Waals surface area contributed by atoms with Gasteiger partial charge in [0, 0.05) is 24.5 Å². The minimum Gasteiger partial charge on any atom is -0.459 e. The lowest BCUT2D eigenvalue weighted by atomic mass is 9.76. The zero-order valence-electron chi connectivity index (χ0n) is 17.2. The molecule has 3 N–H and O–H groups in total. The molecule has 8 nitrogen and oxygen atoms in total. The van der Waals surface area contributed by atoms with E-state index in [1.54, 1.807) is 6.92 Å². The van der Waals surface area contributed by atoms with E-state index in [-0.39, 0.29) is 36.8 Å². The van der Waals surface area contributed by atoms with E-state index in [2.05, 4.69) is 13.2 Å². The summed E-state index contributed by atoms with van der Waals surface area (Å²) in [5.74, 6) is -3.54. The first-order chi connectivity index (χ1) is 14.0. The third-order valence-electron chi connectivity index (χ3n) is 6.74. The van der Waals surface area contributed by atoms with E-state index in [4.69, 9.17) is 25.8 Å². The number of alkyl halides is 1. The van der Waals surface area contributed by atoms with Crippen LogP contribution in [0.2, 0.25) is 0 Å². The molecule has 30 heavy (non-hydrogen) atoms. The molecule has 0 aromatic carbocycles. The average molecular weight is 445 g/mol. The number of aliphatic hydroxyl groups is 3. The monoisotopic (exact) mass is 444 g/mol. The quantitative estimate of drug-likeness (QED) is 0.237. The highest BCUT2D eigenvalue weighted by molar-refractivity contribution is 6.18. The van der Waals surface area contributed by atoms with Gasteiger partial charge in [-0.05, 0) is 26.2 Å². The van der Waals surface area contributed by atoms with E-state index in [1.165, 1.54) is 6.92 Å². The highest BCUT2D eigenvalue weighted by Crippen LogP contribution is 2.55. The maximum absolute atomic E-state index is 12.8. The Bertz CT molecular complexity index is 753. The van der Waals surface area contributed by atoms with Crippen molar-refractivity contribution in [1.82, 2.24) is 0 Å². The van der Waals surface area contributed by atoms with Gasteiger partial charge in [0.25, 0.3) is 0 Å². The van der Waals surface area contributed by atoms with Crippen molar-refractivity contribution in [3.8, 4) is 0 Å². The Morgan fingerprint density at radius 3 is 2.67 bits per heavy atom. The summed E-state index contributed by atoms with van der Waals surface area (Å²) in [6.07, 6.45) is -2.47. The maximum atomic E-state index is 12.8. The Labute approximate surface area is 180 Å². The van der Waals surface area contributed by atoms with Gasteiger partial charge in [0.2, 0.25) is 0 Å². The number of aliphatic hydroxyl groups excluding tert-OH is 2. The number of carbonyl (C=O) groups is 2. The zero-order valence-corrected chi connectivity index (χ0v) is 17.9. The number of ether oxygens (including phenoxy) is 3. The number of fused-ring (bicyclic) bond motifs is 3. The smallest absolute Gasteiger partial charge is 0.340 e. The molecule has 1 aliphatic heterocycles. The number of halogens is 1. The van der Waals surface area contributed by atoms with Crippen LogP contribution in [0.4, 0.5) is 0 Å². The van der Waals surface area contributed by atoms with Gasteiger partial charge in [-0.3, -0.25) is 0 Å². The predicted octanol–water partition coefficient (Wildman–Crippen LogP) is 0.710. The van der Waals surface area contributed by atoms with Crippen molar-refractivity contribution in [3.63, 3.8) is 0 Å². The summed E-state index contributed by atoms with van der Waals surface area (Å²) >= 11 is 6.03. The average Bonchev–Trinajstić information content (AvgIpc) is 3.10. The molecule has 0 unspecified atom stereocenters. The summed E-state index contributed by atoms with van der Waals surface area (Å²) in [6.45, 7) is 10.6. The molecule has 2 saturated carbocycles. The number of carbonyl (C=O) groups excluding carboxylic acids is 2. The van der Waals surface area contributed by atoms with Gasteiger partial charge in [0.1, 0.15) is 17.8 Å². The van der Waals surface area contributed by atoms with E-state index in [0.29, 0.717) is 5.57 Å². The molecule has 3 rings (SSSR count). The van der Waals surface area contributed by atoms with Gasteiger partial charge in [0.15, 0.2) is 5.60 Å². The minimum absolute atomic E-state index is 0.117. The number of rotatable bonds is 6. The van der Waals surface area contributed by atoms with Gasteiger partial charge in [-0.15, -0.1) is 11.6 Å². The van der Waals surface area contributed by atoms with Crippen LogP contribution in [0.25, 0.3) is 0 Å². The molecule has 3 fully saturated rings.